The molecule has 0 atom stereocenters. The Morgan fingerprint density at radius 1 is 0.933 bits per heavy atom. The number of ether oxygens (including phenoxy) is 2. The first-order valence-corrected chi connectivity index (χ1v) is 11.1. The molecule has 0 aromatic heterocycles. The van der Waals surface area contributed by atoms with Crippen molar-refractivity contribution in [3.8, 4) is 11.5 Å². The molecule has 5 nitrogen and oxygen atoms in total. The molecule has 0 saturated heterocycles. The summed E-state index contributed by atoms with van der Waals surface area (Å²) in [5.74, 6) is 2.19. The Morgan fingerprint density at radius 3 is 2.40 bits per heavy atom. The second-order valence-electron chi connectivity index (χ2n) is 7.58. The van der Waals surface area contributed by atoms with Gasteiger partial charge in [-0.3, -0.25) is 4.79 Å². The van der Waals surface area contributed by atoms with Crippen LogP contribution in [0.3, 0.4) is 0 Å². The molecule has 0 aliphatic heterocycles. The average molecular weight is 427 g/mol. The summed E-state index contributed by atoms with van der Waals surface area (Å²) in [6, 6.07) is 17.1. The summed E-state index contributed by atoms with van der Waals surface area (Å²) in [5.41, 5.74) is 0.772. The third-order valence-electron chi connectivity index (χ3n) is 5.21. The van der Waals surface area contributed by atoms with Crippen LogP contribution in [0.2, 0.25) is 0 Å². The van der Waals surface area contributed by atoms with Crippen LogP contribution in [0, 0.1) is 5.92 Å². The molecule has 0 unspecified atom stereocenters. The van der Waals surface area contributed by atoms with Gasteiger partial charge in [0.2, 0.25) is 5.91 Å². The van der Waals surface area contributed by atoms with E-state index in [2.05, 4.69) is 10.6 Å². The van der Waals surface area contributed by atoms with Crippen molar-refractivity contribution in [2.45, 2.75) is 44.9 Å². The molecule has 6 heteroatoms. The molecule has 0 heterocycles. The lowest BCUT2D eigenvalue weighted by atomic mass is 9.86. The van der Waals surface area contributed by atoms with Gasteiger partial charge in [0, 0.05) is 18.2 Å². The summed E-state index contributed by atoms with van der Waals surface area (Å²) in [6.45, 7) is 0.887. The van der Waals surface area contributed by atoms with Crippen molar-refractivity contribution in [3.05, 3.63) is 54.6 Å². The SMILES string of the molecule is O=C(CCC1CCCCC1)NC(=S)Nc1cccc(OCCOc2ccccc2)c1. The smallest absolute Gasteiger partial charge is 0.226 e. The Labute approximate surface area is 184 Å². The Bertz CT molecular complexity index is 807. The van der Waals surface area contributed by atoms with Gasteiger partial charge in [0.15, 0.2) is 5.11 Å². The molecule has 1 saturated carbocycles. The second-order valence-corrected chi connectivity index (χ2v) is 7.99. The van der Waals surface area contributed by atoms with Gasteiger partial charge in [0.05, 0.1) is 0 Å². The molecule has 1 amide bonds. The van der Waals surface area contributed by atoms with E-state index >= 15 is 0 Å². The van der Waals surface area contributed by atoms with Crippen LogP contribution in [0.4, 0.5) is 5.69 Å². The Hall–Kier alpha value is -2.60. The molecular weight excluding hydrogens is 396 g/mol. The fourth-order valence-electron chi connectivity index (χ4n) is 3.66. The number of carbonyl (C=O) groups is 1. The topological polar surface area (TPSA) is 59.6 Å². The normalized spacial score (nSPS) is 14.0. The van der Waals surface area contributed by atoms with Crippen LogP contribution >= 0.6 is 12.2 Å². The largest absolute Gasteiger partial charge is 0.490 e. The van der Waals surface area contributed by atoms with Crippen LogP contribution in [0.15, 0.2) is 54.6 Å². The van der Waals surface area contributed by atoms with Gasteiger partial charge in [-0.15, -0.1) is 0 Å². The first kappa shape index (κ1) is 22.1. The summed E-state index contributed by atoms with van der Waals surface area (Å²) in [4.78, 5) is 12.2. The number of amides is 1. The van der Waals surface area contributed by atoms with Crippen LogP contribution in [0.5, 0.6) is 11.5 Å². The number of hydrogen-bond acceptors (Lipinski definition) is 4. The minimum absolute atomic E-state index is 0.0245. The van der Waals surface area contributed by atoms with Crippen molar-refractivity contribution < 1.29 is 14.3 Å². The summed E-state index contributed by atoms with van der Waals surface area (Å²) >= 11 is 5.28. The highest BCUT2D eigenvalue weighted by Crippen LogP contribution is 2.27. The van der Waals surface area contributed by atoms with E-state index in [-0.39, 0.29) is 5.91 Å². The lowest BCUT2D eigenvalue weighted by molar-refractivity contribution is -0.120. The van der Waals surface area contributed by atoms with E-state index in [4.69, 9.17) is 21.7 Å². The van der Waals surface area contributed by atoms with Crippen molar-refractivity contribution >= 4 is 28.9 Å². The van der Waals surface area contributed by atoms with E-state index in [0.29, 0.717) is 36.4 Å². The summed E-state index contributed by atoms with van der Waals surface area (Å²) in [5, 5.41) is 6.15. The van der Waals surface area contributed by atoms with Crippen LogP contribution < -0.4 is 20.1 Å². The van der Waals surface area contributed by atoms with E-state index < -0.39 is 0 Å². The number of anilines is 1. The molecule has 160 valence electrons. The van der Waals surface area contributed by atoms with Crippen LogP contribution in [-0.2, 0) is 4.79 Å². The van der Waals surface area contributed by atoms with E-state index in [1.54, 1.807) is 0 Å². The molecule has 2 aromatic rings. The van der Waals surface area contributed by atoms with Crippen molar-refractivity contribution in [1.29, 1.82) is 0 Å². The molecule has 2 aromatic carbocycles. The van der Waals surface area contributed by atoms with E-state index in [1.807, 2.05) is 54.6 Å². The fourth-order valence-corrected chi connectivity index (χ4v) is 3.89. The maximum absolute atomic E-state index is 12.2. The van der Waals surface area contributed by atoms with E-state index in [9.17, 15) is 4.79 Å². The van der Waals surface area contributed by atoms with Gasteiger partial charge in [-0.25, -0.2) is 0 Å². The predicted molar refractivity (Wildman–Crippen MR) is 124 cm³/mol. The van der Waals surface area contributed by atoms with Crippen molar-refractivity contribution in [3.63, 3.8) is 0 Å². The second kappa shape index (κ2) is 12.2. The third kappa shape index (κ3) is 8.03. The van der Waals surface area contributed by atoms with Crippen LogP contribution in [-0.4, -0.2) is 24.2 Å². The lowest BCUT2D eigenvalue weighted by Gasteiger charge is -2.21. The van der Waals surface area contributed by atoms with Crippen molar-refractivity contribution in [2.75, 3.05) is 18.5 Å². The Balaban J connectivity index is 1.36. The Kier molecular flexibility index (Phi) is 8.97. The first-order chi connectivity index (χ1) is 14.7. The standard InChI is InChI=1S/C24H30N2O3S/c27-23(15-14-19-8-3-1-4-9-19)26-24(30)25-20-10-7-13-22(18-20)29-17-16-28-21-11-5-2-6-12-21/h2,5-7,10-13,18-19H,1,3-4,8-9,14-17H2,(H2,25,26,27,30). The maximum Gasteiger partial charge on any atom is 0.226 e. The highest BCUT2D eigenvalue weighted by molar-refractivity contribution is 7.80. The van der Waals surface area contributed by atoms with Gasteiger partial charge in [0.1, 0.15) is 24.7 Å². The van der Waals surface area contributed by atoms with Crippen LogP contribution in [0.25, 0.3) is 0 Å². The summed E-state index contributed by atoms with van der Waals surface area (Å²) in [6.07, 6.45) is 7.89. The zero-order valence-corrected chi connectivity index (χ0v) is 18.1. The molecule has 30 heavy (non-hydrogen) atoms. The molecule has 1 aliphatic rings. The van der Waals surface area contributed by atoms with Crippen LogP contribution in [0.1, 0.15) is 44.9 Å². The maximum atomic E-state index is 12.2. The summed E-state index contributed by atoms with van der Waals surface area (Å²) in [7, 11) is 0. The Morgan fingerprint density at radius 2 is 1.63 bits per heavy atom. The minimum Gasteiger partial charge on any atom is -0.490 e. The molecule has 2 N–H and O–H groups in total. The minimum atomic E-state index is -0.0245. The van der Waals surface area contributed by atoms with Gasteiger partial charge >= 0.3 is 0 Å². The average Bonchev–Trinajstić information content (AvgIpc) is 2.77. The van der Waals surface area contributed by atoms with Crippen molar-refractivity contribution in [2.24, 2.45) is 5.92 Å². The molecule has 1 fully saturated rings. The first-order valence-electron chi connectivity index (χ1n) is 10.7. The van der Waals surface area contributed by atoms with Gasteiger partial charge < -0.3 is 20.1 Å². The zero-order valence-electron chi connectivity index (χ0n) is 17.3. The number of carbonyl (C=O) groups excluding carboxylic acids is 1. The number of hydrogen-bond donors (Lipinski definition) is 2. The highest BCUT2D eigenvalue weighted by atomic mass is 32.1. The predicted octanol–water partition coefficient (Wildman–Crippen LogP) is 5.32. The van der Waals surface area contributed by atoms with E-state index in [0.717, 1.165) is 17.9 Å². The molecule has 1 aliphatic carbocycles. The molecule has 0 bridgehead atoms. The van der Waals surface area contributed by atoms with Gasteiger partial charge in [-0.05, 0) is 48.8 Å². The molecule has 3 rings (SSSR count). The quantitative estimate of drug-likeness (QED) is 0.420. The molecular formula is C24H30N2O3S. The van der Waals surface area contributed by atoms with E-state index in [1.165, 1.54) is 32.1 Å². The number of benzene rings is 2. The van der Waals surface area contributed by atoms with Crippen molar-refractivity contribution in [1.82, 2.24) is 5.32 Å². The lowest BCUT2D eigenvalue weighted by Crippen LogP contribution is -2.34. The molecule has 0 spiro atoms. The number of nitrogens with one attached hydrogen (secondary N) is 2. The zero-order chi connectivity index (χ0) is 21.0. The third-order valence-corrected chi connectivity index (χ3v) is 5.42. The number of rotatable bonds is 9. The monoisotopic (exact) mass is 426 g/mol. The molecule has 0 radical (unpaired) electrons. The summed E-state index contributed by atoms with van der Waals surface area (Å²) < 4.78 is 11.4. The highest BCUT2D eigenvalue weighted by Gasteiger charge is 2.15. The number of para-hydroxylation sites is 1. The van der Waals surface area contributed by atoms with Gasteiger partial charge in [-0.1, -0.05) is 56.4 Å². The number of thiocarbonyl (C=S) groups is 1. The fraction of sp³-hybridized carbons (Fsp3) is 0.417. The van der Waals surface area contributed by atoms with Gasteiger partial charge in [0.25, 0.3) is 0 Å². The van der Waals surface area contributed by atoms with Gasteiger partial charge in [-0.2, -0.15) is 0 Å².